The number of hydrogen-bond donors (Lipinski definition) is 2. The molecule has 0 aliphatic heterocycles. The van der Waals surface area contributed by atoms with E-state index in [9.17, 15) is 4.39 Å². The van der Waals surface area contributed by atoms with E-state index in [1.165, 1.54) is 6.07 Å². The molecule has 0 saturated heterocycles. The van der Waals surface area contributed by atoms with Gasteiger partial charge in [-0.05, 0) is 36.2 Å². The molecule has 0 fully saturated rings. The highest BCUT2D eigenvalue weighted by molar-refractivity contribution is 6.30. The van der Waals surface area contributed by atoms with Gasteiger partial charge < -0.3 is 0 Å². The lowest BCUT2D eigenvalue weighted by atomic mass is 10.0. The first kappa shape index (κ1) is 13.0. The minimum absolute atomic E-state index is 0.237. The van der Waals surface area contributed by atoms with E-state index in [4.69, 9.17) is 17.4 Å². The second kappa shape index (κ2) is 5.44. The normalized spacial score (nSPS) is 12.4. The third kappa shape index (κ3) is 2.67. The molecule has 1 heterocycles. The number of aryl methyl sites for hydroxylation is 1. The summed E-state index contributed by atoms with van der Waals surface area (Å²) in [7, 11) is 0. The molecule has 2 aromatic rings. The number of hydrazine groups is 1. The van der Waals surface area contributed by atoms with Gasteiger partial charge in [0.2, 0.25) is 0 Å². The molecule has 3 N–H and O–H groups in total. The van der Waals surface area contributed by atoms with E-state index in [0.717, 1.165) is 11.3 Å². The third-order valence-electron chi connectivity index (χ3n) is 2.73. The minimum atomic E-state index is -0.290. The van der Waals surface area contributed by atoms with Gasteiger partial charge in [-0.25, -0.2) is 9.82 Å². The van der Waals surface area contributed by atoms with E-state index in [1.54, 1.807) is 37.4 Å². The van der Waals surface area contributed by atoms with Crippen LogP contribution in [0.15, 0.2) is 36.5 Å². The number of rotatable bonds is 3. The molecular formula is C13H13ClFN3. The van der Waals surface area contributed by atoms with Crippen LogP contribution >= 0.6 is 11.6 Å². The average molecular weight is 266 g/mol. The SMILES string of the molecule is Cc1cc(C(NN)c2ccc(Cl)cn2)ccc1F. The van der Waals surface area contributed by atoms with Crippen LogP contribution in [0.5, 0.6) is 0 Å². The van der Waals surface area contributed by atoms with Gasteiger partial charge in [0.25, 0.3) is 0 Å². The summed E-state index contributed by atoms with van der Waals surface area (Å²) in [5.74, 6) is 5.31. The maximum absolute atomic E-state index is 13.2. The number of hydrogen-bond acceptors (Lipinski definition) is 3. The van der Waals surface area contributed by atoms with Crippen LogP contribution < -0.4 is 11.3 Å². The van der Waals surface area contributed by atoms with Gasteiger partial charge in [-0.3, -0.25) is 10.8 Å². The highest BCUT2D eigenvalue weighted by atomic mass is 35.5. The minimum Gasteiger partial charge on any atom is -0.271 e. The lowest BCUT2D eigenvalue weighted by Crippen LogP contribution is -2.29. The largest absolute Gasteiger partial charge is 0.271 e. The van der Waals surface area contributed by atoms with Gasteiger partial charge in [-0.1, -0.05) is 23.7 Å². The van der Waals surface area contributed by atoms with Crippen molar-refractivity contribution in [2.24, 2.45) is 5.84 Å². The number of halogens is 2. The molecule has 1 aromatic heterocycles. The molecule has 18 heavy (non-hydrogen) atoms. The van der Waals surface area contributed by atoms with E-state index < -0.39 is 0 Å². The summed E-state index contributed by atoms with van der Waals surface area (Å²) in [4.78, 5) is 4.21. The van der Waals surface area contributed by atoms with Crippen LogP contribution in [-0.2, 0) is 0 Å². The van der Waals surface area contributed by atoms with Gasteiger partial charge in [0.15, 0.2) is 0 Å². The first-order chi connectivity index (χ1) is 8.61. The Labute approximate surface area is 110 Å². The van der Waals surface area contributed by atoms with Crippen molar-refractivity contribution in [3.8, 4) is 0 Å². The van der Waals surface area contributed by atoms with E-state index in [0.29, 0.717) is 10.6 Å². The molecule has 0 amide bonds. The number of nitrogens with two attached hydrogens (primary N) is 1. The monoisotopic (exact) mass is 265 g/mol. The summed E-state index contributed by atoms with van der Waals surface area (Å²) < 4.78 is 13.2. The van der Waals surface area contributed by atoms with Crippen molar-refractivity contribution in [2.75, 3.05) is 0 Å². The van der Waals surface area contributed by atoms with Gasteiger partial charge in [-0.2, -0.15) is 0 Å². The highest BCUT2D eigenvalue weighted by Gasteiger charge is 2.14. The highest BCUT2D eigenvalue weighted by Crippen LogP contribution is 2.22. The Hall–Kier alpha value is -1.49. The molecule has 0 radical (unpaired) electrons. The number of pyridine rings is 1. The van der Waals surface area contributed by atoms with Gasteiger partial charge in [0.1, 0.15) is 5.82 Å². The molecule has 0 bridgehead atoms. The Morgan fingerprint density at radius 2 is 2.11 bits per heavy atom. The van der Waals surface area contributed by atoms with Crippen LogP contribution in [0.25, 0.3) is 0 Å². The molecule has 2 rings (SSSR count). The molecular weight excluding hydrogens is 253 g/mol. The number of aromatic nitrogens is 1. The molecule has 0 aliphatic carbocycles. The molecule has 0 aliphatic rings. The molecule has 1 atom stereocenters. The van der Waals surface area contributed by atoms with Gasteiger partial charge in [0, 0.05) is 6.20 Å². The van der Waals surface area contributed by atoms with E-state index in [-0.39, 0.29) is 11.9 Å². The predicted molar refractivity (Wildman–Crippen MR) is 69.6 cm³/mol. The smallest absolute Gasteiger partial charge is 0.126 e. The second-order valence-corrected chi connectivity index (χ2v) is 4.45. The lowest BCUT2D eigenvalue weighted by molar-refractivity contribution is 0.602. The molecule has 0 spiro atoms. The zero-order valence-corrected chi connectivity index (χ0v) is 10.6. The van der Waals surface area contributed by atoms with E-state index in [1.807, 2.05) is 0 Å². The second-order valence-electron chi connectivity index (χ2n) is 4.01. The zero-order valence-electron chi connectivity index (χ0n) is 9.82. The molecule has 1 aromatic carbocycles. The Morgan fingerprint density at radius 3 is 2.67 bits per heavy atom. The van der Waals surface area contributed by atoms with Gasteiger partial charge in [0.05, 0.1) is 16.8 Å². The van der Waals surface area contributed by atoms with Crippen LogP contribution in [-0.4, -0.2) is 4.98 Å². The van der Waals surface area contributed by atoms with Crippen molar-refractivity contribution in [1.29, 1.82) is 0 Å². The van der Waals surface area contributed by atoms with Gasteiger partial charge >= 0.3 is 0 Å². The summed E-state index contributed by atoms with van der Waals surface area (Å²) in [6, 6.07) is 8.09. The summed E-state index contributed by atoms with van der Waals surface area (Å²) in [5.41, 5.74) is 4.83. The van der Waals surface area contributed by atoms with Crippen molar-refractivity contribution in [3.05, 3.63) is 64.2 Å². The first-order valence-electron chi connectivity index (χ1n) is 5.45. The topological polar surface area (TPSA) is 50.9 Å². The van der Waals surface area contributed by atoms with Crippen molar-refractivity contribution >= 4 is 11.6 Å². The molecule has 3 nitrogen and oxygen atoms in total. The summed E-state index contributed by atoms with van der Waals surface area (Å²) >= 11 is 5.79. The fourth-order valence-corrected chi connectivity index (χ4v) is 1.87. The van der Waals surface area contributed by atoms with Crippen LogP contribution in [0, 0.1) is 12.7 Å². The quantitative estimate of drug-likeness (QED) is 0.663. The number of nitrogens with one attached hydrogen (secondary N) is 1. The predicted octanol–water partition coefficient (Wildman–Crippen LogP) is 2.74. The fourth-order valence-electron chi connectivity index (χ4n) is 1.76. The van der Waals surface area contributed by atoms with Crippen LogP contribution in [0.3, 0.4) is 0 Å². The van der Waals surface area contributed by atoms with Crippen molar-refractivity contribution in [2.45, 2.75) is 13.0 Å². The van der Waals surface area contributed by atoms with Crippen molar-refractivity contribution in [1.82, 2.24) is 10.4 Å². The maximum atomic E-state index is 13.2. The van der Waals surface area contributed by atoms with Crippen molar-refractivity contribution < 1.29 is 4.39 Å². The first-order valence-corrected chi connectivity index (χ1v) is 5.83. The molecule has 5 heteroatoms. The Morgan fingerprint density at radius 1 is 1.33 bits per heavy atom. The number of benzene rings is 1. The van der Waals surface area contributed by atoms with Crippen LogP contribution in [0.4, 0.5) is 4.39 Å². The maximum Gasteiger partial charge on any atom is 0.126 e. The van der Waals surface area contributed by atoms with E-state index in [2.05, 4.69) is 10.4 Å². The number of nitrogens with zero attached hydrogens (tertiary/aromatic N) is 1. The summed E-state index contributed by atoms with van der Waals surface area (Å²) in [5, 5.41) is 0.560. The van der Waals surface area contributed by atoms with Crippen molar-refractivity contribution in [3.63, 3.8) is 0 Å². The Balaban J connectivity index is 2.38. The van der Waals surface area contributed by atoms with Crippen LogP contribution in [0.2, 0.25) is 5.02 Å². The average Bonchev–Trinajstić information content (AvgIpc) is 2.37. The third-order valence-corrected chi connectivity index (χ3v) is 2.95. The van der Waals surface area contributed by atoms with E-state index >= 15 is 0 Å². The zero-order chi connectivity index (χ0) is 13.1. The fraction of sp³-hybridized carbons (Fsp3) is 0.154. The lowest BCUT2D eigenvalue weighted by Gasteiger charge is -2.16. The summed E-state index contributed by atoms with van der Waals surface area (Å²) in [6.07, 6.45) is 1.55. The standard InChI is InChI=1S/C13H13ClFN3/c1-8-6-9(2-4-11(8)15)13(18-16)12-5-3-10(14)7-17-12/h2-7,13,18H,16H2,1H3. The van der Waals surface area contributed by atoms with Gasteiger partial charge in [-0.15, -0.1) is 0 Å². The molecule has 94 valence electrons. The van der Waals surface area contributed by atoms with Crippen LogP contribution in [0.1, 0.15) is 22.9 Å². The molecule has 1 unspecified atom stereocenters. The summed E-state index contributed by atoms with van der Waals surface area (Å²) in [6.45, 7) is 1.71. The Kier molecular flexibility index (Phi) is 3.91. The Bertz CT molecular complexity index is 542. The molecule has 0 saturated carbocycles.